The molecule has 1 aromatic carbocycles. The second kappa shape index (κ2) is 5.01. The Morgan fingerprint density at radius 2 is 1.38 bits per heavy atom. The van der Waals surface area contributed by atoms with Crippen LogP contribution in [0.25, 0.3) is 0 Å². The Morgan fingerprint density at radius 1 is 0.875 bits per heavy atom. The Hall–Kier alpha value is -1.01. The molecule has 2 aliphatic heterocycles. The quantitative estimate of drug-likeness (QED) is 0.546. The predicted octanol–water partition coefficient (Wildman–Crippen LogP) is -2.26. The highest BCUT2D eigenvalue weighted by molar-refractivity contribution is 6.62. The summed E-state index contributed by atoms with van der Waals surface area (Å²) in [7, 11) is 6.85. The molecule has 0 amide bonds. The van der Waals surface area contributed by atoms with Gasteiger partial charge in [0.1, 0.15) is 31.4 Å². The molecule has 1 aromatic rings. The van der Waals surface area contributed by atoms with E-state index in [1.807, 2.05) is 59.1 Å². The lowest BCUT2D eigenvalue weighted by atomic mass is 9.41. The smallest absolute Gasteiger partial charge is 0.498 e. The van der Waals surface area contributed by atoms with E-state index >= 15 is 4.39 Å². The largest absolute Gasteiger partial charge is 0.499 e. The Morgan fingerprint density at radius 3 is 1.92 bits per heavy atom. The van der Waals surface area contributed by atoms with Crippen LogP contribution < -0.4 is 14.9 Å². The van der Waals surface area contributed by atoms with E-state index in [0.717, 1.165) is 0 Å². The lowest BCUT2D eigenvalue weighted by molar-refractivity contribution is 0.00578. The van der Waals surface area contributed by atoms with Gasteiger partial charge in [-0.25, -0.2) is 4.39 Å². The molecule has 0 atom stereocenters. The van der Waals surface area contributed by atoms with Crippen molar-refractivity contribution in [1.82, 2.24) is 0 Å². The number of fused-ring (bicyclic) bond motifs is 1. The molecule has 0 aliphatic carbocycles. The van der Waals surface area contributed by atoms with Crippen LogP contribution in [0.3, 0.4) is 0 Å². The number of halogens is 1. The third-order valence-electron chi connectivity index (χ3n) is 5.77. The fourth-order valence-electron chi connectivity index (χ4n) is 2.66. The van der Waals surface area contributed by atoms with Crippen LogP contribution in [0.1, 0.15) is 27.7 Å². The first-order valence-corrected chi connectivity index (χ1v) is 8.33. The summed E-state index contributed by atoms with van der Waals surface area (Å²) in [5.74, 6) is 0.0261. The third-order valence-corrected chi connectivity index (χ3v) is 5.77. The van der Waals surface area contributed by atoms with Crippen molar-refractivity contribution in [1.29, 1.82) is 0 Å². The van der Waals surface area contributed by atoms with Gasteiger partial charge in [-0.2, -0.15) is 0 Å². The van der Waals surface area contributed by atoms with Crippen LogP contribution in [0.2, 0.25) is 0 Å². The van der Waals surface area contributed by atoms with E-state index in [0.29, 0.717) is 11.2 Å². The molecule has 2 heterocycles. The van der Waals surface area contributed by atoms with E-state index in [-0.39, 0.29) is 5.75 Å². The van der Waals surface area contributed by atoms with Crippen LogP contribution in [0.5, 0.6) is 11.5 Å². The van der Waals surface area contributed by atoms with Crippen molar-refractivity contribution in [3.8, 4) is 11.5 Å². The zero-order valence-corrected chi connectivity index (χ0v) is 15.7. The van der Waals surface area contributed by atoms with Gasteiger partial charge in [-0.15, -0.1) is 0 Å². The van der Waals surface area contributed by atoms with Gasteiger partial charge in [0.2, 0.25) is 0 Å². The first-order valence-electron chi connectivity index (χ1n) is 8.33. The minimum absolute atomic E-state index is 0.117. The molecule has 0 aromatic heterocycles. The maximum atomic E-state index is 15.1. The Labute approximate surface area is 146 Å². The predicted molar refractivity (Wildman–Crippen MR) is 103 cm³/mol. The molecule has 1 saturated heterocycles. The highest BCUT2D eigenvalue weighted by atomic mass is 19.1. The van der Waals surface area contributed by atoms with Gasteiger partial charge in [0.25, 0.3) is 0 Å². The van der Waals surface area contributed by atoms with Crippen LogP contribution in [-0.2, 0) is 9.31 Å². The van der Waals surface area contributed by atoms with Crippen LogP contribution in [-0.4, -0.2) is 60.5 Å². The molecule has 0 unspecified atom stereocenters. The molecular weight excluding hydrogens is 305 g/mol. The molecule has 2 aliphatic rings. The van der Waals surface area contributed by atoms with Crippen molar-refractivity contribution in [3.63, 3.8) is 0 Å². The zero-order valence-electron chi connectivity index (χ0n) is 15.7. The van der Waals surface area contributed by atoms with Crippen LogP contribution in [0.4, 0.5) is 4.39 Å². The first-order chi connectivity index (χ1) is 10.8. The summed E-state index contributed by atoms with van der Waals surface area (Å²) < 4.78 is 39.0. The Kier molecular flexibility index (Phi) is 3.72. The van der Waals surface area contributed by atoms with Gasteiger partial charge >= 0.3 is 7.12 Å². The van der Waals surface area contributed by atoms with E-state index in [1.54, 1.807) is 12.1 Å². The van der Waals surface area contributed by atoms with Gasteiger partial charge in [0.15, 0.2) is 17.3 Å². The molecule has 124 valence electrons. The normalized spacial score (nSPS) is 25.5. The summed E-state index contributed by atoms with van der Waals surface area (Å²) in [4.78, 5) is 0. The minimum atomic E-state index is -0.776. The fourth-order valence-corrected chi connectivity index (χ4v) is 2.66. The molecule has 0 N–H and O–H groups in total. The van der Waals surface area contributed by atoms with Crippen LogP contribution in [0, 0.1) is 5.82 Å². The van der Waals surface area contributed by atoms with E-state index in [9.17, 15) is 0 Å². The summed E-state index contributed by atoms with van der Waals surface area (Å²) in [6.45, 7) is 7.76. The SMILES string of the molecule is BC1(B)Oc2ccc(B3OC(C)(C)C(C)(C)O3)c(F)c2OC1(B)B. The number of ether oxygens (including phenoxy) is 2. The summed E-state index contributed by atoms with van der Waals surface area (Å²) in [5.41, 5.74) is -0.733. The molecule has 10 heteroatoms. The maximum Gasteiger partial charge on any atom is 0.498 e. The second-order valence-corrected chi connectivity index (χ2v) is 8.61. The van der Waals surface area contributed by atoms with E-state index in [1.165, 1.54) is 0 Å². The summed E-state index contributed by atoms with van der Waals surface area (Å²) in [5, 5.41) is -1.24. The average molecular weight is 327 g/mol. The minimum Gasteiger partial charge on any atom is -0.499 e. The second-order valence-electron chi connectivity index (χ2n) is 8.61. The van der Waals surface area contributed by atoms with Crippen molar-refractivity contribution >= 4 is 44.0 Å². The molecule has 4 nitrogen and oxygen atoms in total. The van der Waals surface area contributed by atoms with E-state index in [2.05, 4.69) is 0 Å². The average Bonchev–Trinajstić information content (AvgIpc) is 2.61. The highest BCUT2D eigenvalue weighted by Crippen LogP contribution is 2.42. The topological polar surface area (TPSA) is 36.9 Å². The van der Waals surface area contributed by atoms with Crippen molar-refractivity contribution in [3.05, 3.63) is 17.9 Å². The number of hydrogen-bond donors (Lipinski definition) is 0. The third kappa shape index (κ3) is 2.50. The molecule has 0 spiro atoms. The van der Waals surface area contributed by atoms with Crippen molar-refractivity contribution in [2.75, 3.05) is 0 Å². The van der Waals surface area contributed by atoms with E-state index in [4.69, 9.17) is 18.8 Å². The molecular formula is C14H22B5FO4. The van der Waals surface area contributed by atoms with Gasteiger partial charge in [-0.1, -0.05) is 6.07 Å². The summed E-state index contributed by atoms with van der Waals surface area (Å²) in [6.07, 6.45) is 0. The Bertz CT molecular complexity index is 676. The first kappa shape index (κ1) is 17.8. The van der Waals surface area contributed by atoms with Crippen molar-refractivity contribution < 1.29 is 23.2 Å². The molecule has 0 saturated carbocycles. The standard InChI is InChI=1S/C14H22B5FO4/c1-11(2)12(3,4)24-19(23-11)7-5-6-8-10(9(7)20)22-14(17,18)13(15,16)21-8/h5-6H,15-18H2,1-4H3. The van der Waals surface area contributed by atoms with E-state index < -0.39 is 34.9 Å². The summed E-state index contributed by atoms with van der Waals surface area (Å²) >= 11 is 0. The zero-order chi connectivity index (χ0) is 18.1. The lowest BCUT2D eigenvalue weighted by Gasteiger charge is -2.47. The summed E-state index contributed by atoms with van der Waals surface area (Å²) in [6, 6.07) is 3.36. The monoisotopic (exact) mass is 328 g/mol. The number of rotatable bonds is 1. The maximum absolute atomic E-state index is 15.1. The lowest BCUT2D eigenvalue weighted by Crippen LogP contribution is -2.66. The number of hydrogen-bond acceptors (Lipinski definition) is 4. The molecule has 1 fully saturated rings. The van der Waals surface area contributed by atoms with Gasteiger partial charge in [0, 0.05) is 5.46 Å². The van der Waals surface area contributed by atoms with Gasteiger partial charge in [-0.05, 0) is 33.8 Å². The van der Waals surface area contributed by atoms with Crippen molar-refractivity contribution in [2.45, 2.75) is 49.7 Å². The van der Waals surface area contributed by atoms with Crippen LogP contribution in [0.15, 0.2) is 12.1 Å². The van der Waals surface area contributed by atoms with Gasteiger partial charge < -0.3 is 18.8 Å². The highest BCUT2D eigenvalue weighted by Gasteiger charge is 2.53. The van der Waals surface area contributed by atoms with Gasteiger partial charge in [-0.3, -0.25) is 0 Å². The number of benzene rings is 1. The molecule has 0 bridgehead atoms. The fraction of sp³-hybridized carbons (Fsp3) is 0.571. The molecule has 24 heavy (non-hydrogen) atoms. The van der Waals surface area contributed by atoms with Gasteiger partial charge in [0.05, 0.1) is 22.0 Å². The Balaban J connectivity index is 2.01. The van der Waals surface area contributed by atoms with Crippen molar-refractivity contribution in [2.24, 2.45) is 0 Å². The van der Waals surface area contributed by atoms with Crippen LogP contribution >= 0.6 is 0 Å². The molecule has 3 rings (SSSR count). The molecule has 0 radical (unpaired) electrons.